The standard InChI is InChI=1S/C16H25N5O2/c1-19(2)12-9-11(10-12)15(22)18-13-5-4-8-21(16(13)23)14-6-7-17-20(14)3/h6-7,11-13H,4-5,8-10H2,1-3H3,(H,18,22). The van der Waals surface area contributed by atoms with E-state index in [2.05, 4.69) is 15.3 Å². The maximum Gasteiger partial charge on any atom is 0.250 e. The maximum absolute atomic E-state index is 12.7. The zero-order chi connectivity index (χ0) is 16.6. The summed E-state index contributed by atoms with van der Waals surface area (Å²) in [6.07, 6.45) is 5.03. The van der Waals surface area contributed by atoms with Crippen LogP contribution in [0.1, 0.15) is 25.7 Å². The molecule has 2 fully saturated rings. The Bertz CT molecular complexity index is 591. The van der Waals surface area contributed by atoms with E-state index in [0.29, 0.717) is 19.0 Å². The molecular formula is C16H25N5O2. The first kappa shape index (κ1) is 16.0. The first-order valence-corrected chi connectivity index (χ1v) is 8.23. The number of hydrogen-bond donors (Lipinski definition) is 1. The van der Waals surface area contributed by atoms with E-state index in [1.165, 1.54) is 0 Å². The predicted molar refractivity (Wildman–Crippen MR) is 86.9 cm³/mol. The fourth-order valence-electron chi connectivity index (χ4n) is 3.38. The first-order valence-electron chi connectivity index (χ1n) is 8.23. The van der Waals surface area contributed by atoms with Gasteiger partial charge in [-0.1, -0.05) is 0 Å². The zero-order valence-electron chi connectivity index (χ0n) is 14.0. The summed E-state index contributed by atoms with van der Waals surface area (Å²) in [5, 5.41) is 7.08. The van der Waals surface area contributed by atoms with Crippen molar-refractivity contribution >= 4 is 17.6 Å². The number of hydrogen-bond acceptors (Lipinski definition) is 4. The monoisotopic (exact) mass is 319 g/mol. The van der Waals surface area contributed by atoms with Gasteiger partial charge in [0.1, 0.15) is 11.9 Å². The van der Waals surface area contributed by atoms with E-state index in [0.717, 1.165) is 25.1 Å². The van der Waals surface area contributed by atoms with Gasteiger partial charge in [0.2, 0.25) is 5.91 Å². The number of aryl methyl sites for hydroxylation is 1. The highest BCUT2D eigenvalue weighted by Gasteiger charge is 2.38. The highest BCUT2D eigenvalue weighted by Crippen LogP contribution is 2.31. The van der Waals surface area contributed by atoms with E-state index >= 15 is 0 Å². The third kappa shape index (κ3) is 3.10. The van der Waals surface area contributed by atoms with Gasteiger partial charge in [0.15, 0.2) is 0 Å². The van der Waals surface area contributed by atoms with E-state index in [1.54, 1.807) is 15.8 Å². The van der Waals surface area contributed by atoms with Gasteiger partial charge in [0, 0.05) is 31.6 Å². The van der Waals surface area contributed by atoms with Crippen LogP contribution in [0.4, 0.5) is 5.82 Å². The van der Waals surface area contributed by atoms with E-state index in [9.17, 15) is 9.59 Å². The number of amides is 2. The highest BCUT2D eigenvalue weighted by atomic mass is 16.2. The molecule has 2 amide bonds. The van der Waals surface area contributed by atoms with Gasteiger partial charge >= 0.3 is 0 Å². The predicted octanol–water partition coefficient (Wildman–Crippen LogP) is 0.372. The lowest BCUT2D eigenvalue weighted by atomic mass is 9.79. The van der Waals surface area contributed by atoms with Gasteiger partial charge in [-0.25, -0.2) is 0 Å². The minimum atomic E-state index is -0.412. The van der Waals surface area contributed by atoms with Crippen LogP contribution in [0.3, 0.4) is 0 Å². The molecule has 7 nitrogen and oxygen atoms in total. The van der Waals surface area contributed by atoms with Gasteiger partial charge in [0.25, 0.3) is 5.91 Å². The normalized spacial score (nSPS) is 27.9. The molecular weight excluding hydrogens is 294 g/mol. The summed E-state index contributed by atoms with van der Waals surface area (Å²) >= 11 is 0. The van der Waals surface area contributed by atoms with Crippen molar-refractivity contribution in [3.05, 3.63) is 12.3 Å². The molecule has 1 atom stereocenters. The van der Waals surface area contributed by atoms with Gasteiger partial charge in [-0.15, -0.1) is 0 Å². The van der Waals surface area contributed by atoms with Gasteiger partial charge in [-0.3, -0.25) is 19.2 Å². The number of nitrogens with zero attached hydrogens (tertiary/aromatic N) is 4. The molecule has 1 aliphatic carbocycles. The molecule has 3 rings (SSSR count). The molecule has 1 N–H and O–H groups in total. The minimum Gasteiger partial charge on any atom is -0.344 e. The van der Waals surface area contributed by atoms with Crippen LogP contribution in [0.2, 0.25) is 0 Å². The number of aromatic nitrogens is 2. The molecule has 2 aliphatic rings. The Morgan fingerprint density at radius 1 is 1.39 bits per heavy atom. The fraction of sp³-hybridized carbons (Fsp3) is 0.688. The first-order chi connectivity index (χ1) is 11.0. The maximum atomic E-state index is 12.7. The molecule has 2 heterocycles. The Kier molecular flexibility index (Phi) is 4.39. The third-order valence-corrected chi connectivity index (χ3v) is 5.04. The molecule has 0 spiro atoms. The molecule has 0 radical (unpaired) electrons. The van der Waals surface area contributed by atoms with E-state index < -0.39 is 6.04 Å². The third-order valence-electron chi connectivity index (χ3n) is 5.04. The summed E-state index contributed by atoms with van der Waals surface area (Å²) < 4.78 is 1.69. The quantitative estimate of drug-likeness (QED) is 0.870. The molecule has 126 valence electrons. The molecule has 1 aromatic heterocycles. The van der Waals surface area contributed by atoms with Crippen LogP contribution in [-0.4, -0.2) is 59.2 Å². The summed E-state index contributed by atoms with van der Waals surface area (Å²) in [6, 6.07) is 1.90. The van der Waals surface area contributed by atoms with Gasteiger partial charge < -0.3 is 10.2 Å². The van der Waals surface area contributed by atoms with Crippen molar-refractivity contribution in [2.45, 2.75) is 37.8 Å². The molecule has 0 bridgehead atoms. The largest absolute Gasteiger partial charge is 0.344 e. The van der Waals surface area contributed by atoms with E-state index in [-0.39, 0.29) is 17.7 Å². The van der Waals surface area contributed by atoms with E-state index in [4.69, 9.17) is 0 Å². The average molecular weight is 319 g/mol. The molecule has 1 saturated carbocycles. The van der Waals surface area contributed by atoms with Crippen molar-refractivity contribution in [3.63, 3.8) is 0 Å². The molecule has 1 aliphatic heterocycles. The van der Waals surface area contributed by atoms with Crippen LogP contribution < -0.4 is 10.2 Å². The second kappa shape index (κ2) is 6.31. The van der Waals surface area contributed by atoms with Crippen molar-refractivity contribution in [1.82, 2.24) is 20.0 Å². The van der Waals surface area contributed by atoms with Crippen molar-refractivity contribution in [2.75, 3.05) is 25.5 Å². The van der Waals surface area contributed by atoms with Crippen molar-refractivity contribution < 1.29 is 9.59 Å². The summed E-state index contributed by atoms with van der Waals surface area (Å²) in [7, 11) is 5.89. The van der Waals surface area contributed by atoms with Gasteiger partial charge in [0.05, 0.1) is 6.20 Å². The van der Waals surface area contributed by atoms with Crippen LogP contribution in [0.15, 0.2) is 12.3 Å². The summed E-state index contributed by atoms with van der Waals surface area (Å²) in [6.45, 7) is 0.677. The molecule has 1 unspecified atom stereocenters. The Balaban J connectivity index is 1.59. The van der Waals surface area contributed by atoms with Crippen LogP contribution in [-0.2, 0) is 16.6 Å². The number of carbonyl (C=O) groups is 2. The Morgan fingerprint density at radius 2 is 2.13 bits per heavy atom. The highest BCUT2D eigenvalue weighted by molar-refractivity contribution is 5.99. The van der Waals surface area contributed by atoms with Crippen molar-refractivity contribution in [1.29, 1.82) is 0 Å². The molecule has 1 aromatic rings. The summed E-state index contributed by atoms with van der Waals surface area (Å²) in [4.78, 5) is 28.9. The van der Waals surface area contributed by atoms with Crippen molar-refractivity contribution in [2.24, 2.45) is 13.0 Å². The smallest absolute Gasteiger partial charge is 0.250 e. The summed E-state index contributed by atoms with van der Waals surface area (Å²) in [5.41, 5.74) is 0. The number of nitrogens with one attached hydrogen (secondary N) is 1. The second-order valence-corrected chi connectivity index (χ2v) is 6.79. The number of rotatable bonds is 4. The minimum absolute atomic E-state index is 0.0216. The molecule has 7 heteroatoms. The zero-order valence-corrected chi connectivity index (χ0v) is 14.0. The Hall–Kier alpha value is -1.89. The van der Waals surface area contributed by atoms with Gasteiger partial charge in [-0.05, 0) is 39.8 Å². The van der Waals surface area contributed by atoms with Crippen LogP contribution >= 0.6 is 0 Å². The van der Waals surface area contributed by atoms with Gasteiger partial charge in [-0.2, -0.15) is 5.10 Å². The van der Waals surface area contributed by atoms with Crippen LogP contribution in [0, 0.1) is 5.92 Å². The van der Waals surface area contributed by atoms with Crippen LogP contribution in [0.5, 0.6) is 0 Å². The lowest BCUT2D eigenvalue weighted by Crippen LogP contribution is -2.56. The lowest BCUT2D eigenvalue weighted by Gasteiger charge is -2.40. The molecule has 0 aromatic carbocycles. The van der Waals surface area contributed by atoms with E-state index in [1.807, 2.05) is 27.2 Å². The van der Waals surface area contributed by atoms with Crippen molar-refractivity contribution in [3.8, 4) is 0 Å². The summed E-state index contributed by atoms with van der Waals surface area (Å²) in [5.74, 6) is 0.817. The fourth-order valence-corrected chi connectivity index (χ4v) is 3.38. The number of piperidine rings is 1. The Morgan fingerprint density at radius 3 is 2.74 bits per heavy atom. The Labute approximate surface area is 136 Å². The SMILES string of the molecule is CN(C)C1CC(C(=O)NC2CCCN(c3ccnn3C)C2=O)C1. The molecule has 1 saturated heterocycles. The number of anilines is 1. The average Bonchev–Trinajstić information content (AvgIpc) is 2.85. The lowest BCUT2D eigenvalue weighted by molar-refractivity contribution is -0.133. The topological polar surface area (TPSA) is 70.5 Å². The van der Waals surface area contributed by atoms with Crippen LogP contribution in [0.25, 0.3) is 0 Å². The second-order valence-electron chi connectivity index (χ2n) is 6.79. The number of carbonyl (C=O) groups excluding carboxylic acids is 2. The molecule has 23 heavy (non-hydrogen) atoms.